The summed E-state index contributed by atoms with van der Waals surface area (Å²) < 4.78 is 12.9. The van der Waals surface area contributed by atoms with Crippen molar-refractivity contribution in [1.29, 1.82) is 0 Å². The number of halogens is 1. The van der Waals surface area contributed by atoms with E-state index in [-0.39, 0.29) is 5.82 Å². The molecule has 3 N–H and O–H groups in total. The van der Waals surface area contributed by atoms with Crippen molar-refractivity contribution < 1.29 is 4.39 Å². The van der Waals surface area contributed by atoms with Gasteiger partial charge in [0.05, 0.1) is 11.4 Å². The highest BCUT2D eigenvalue weighted by Crippen LogP contribution is 2.20. The zero-order valence-corrected chi connectivity index (χ0v) is 11.0. The molecule has 1 saturated heterocycles. The molecule has 4 heteroatoms. The van der Waals surface area contributed by atoms with Crippen LogP contribution in [0.3, 0.4) is 0 Å². The number of nitrogen functional groups attached to an aromatic ring is 1. The van der Waals surface area contributed by atoms with Crippen LogP contribution in [0.25, 0.3) is 0 Å². The zero-order chi connectivity index (χ0) is 13.0. The first kappa shape index (κ1) is 13.1. The first-order valence-corrected chi connectivity index (χ1v) is 6.69. The van der Waals surface area contributed by atoms with Crippen LogP contribution in [-0.2, 0) is 0 Å². The summed E-state index contributed by atoms with van der Waals surface area (Å²) in [5.41, 5.74) is 7.08. The Labute approximate surface area is 108 Å². The summed E-state index contributed by atoms with van der Waals surface area (Å²) in [6.45, 7) is 5.52. The van der Waals surface area contributed by atoms with Gasteiger partial charge < -0.3 is 16.0 Å². The number of hydrogen-bond donors (Lipinski definition) is 2. The fourth-order valence-electron chi connectivity index (χ4n) is 2.51. The largest absolute Gasteiger partial charge is 0.397 e. The third-order valence-electron chi connectivity index (χ3n) is 3.40. The maximum Gasteiger partial charge on any atom is 0.125 e. The molecular formula is C14H22FN3. The van der Waals surface area contributed by atoms with E-state index < -0.39 is 0 Å². The second kappa shape index (κ2) is 6.05. The summed E-state index contributed by atoms with van der Waals surface area (Å²) in [5, 5.41) is 3.35. The lowest BCUT2D eigenvalue weighted by molar-refractivity contribution is 0.223. The third-order valence-corrected chi connectivity index (χ3v) is 3.40. The molecule has 1 atom stereocenters. The van der Waals surface area contributed by atoms with Crippen LogP contribution < -0.4 is 11.1 Å². The summed E-state index contributed by atoms with van der Waals surface area (Å²) in [6, 6.07) is 4.82. The fraction of sp³-hybridized carbons (Fsp3) is 0.571. The average Bonchev–Trinajstić information content (AvgIpc) is 2.34. The van der Waals surface area contributed by atoms with Gasteiger partial charge in [-0.1, -0.05) is 6.42 Å². The summed E-state index contributed by atoms with van der Waals surface area (Å²) in [5.74, 6) is -0.290. The smallest absolute Gasteiger partial charge is 0.125 e. The summed E-state index contributed by atoms with van der Waals surface area (Å²) in [6.07, 6.45) is 3.94. The zero-order valence-electron chi connectivity index (χ0n) is 11.0. The standard InChI is InChI=1S/C14H22FN3/c1-11(10-18-7-3-2-4-8-18)17-14-6-5-12(15)9-13(14)16/h5-6,9,11,17H,2-4,7-8,10,16H2,1H3. The maximum atomic E-state index is 12.9. The molecule has 1 aromatic rings. The molecule has 1 unspecified atom stereocenters. The molecule has 18 heavy (non-hydrogen) atoms. The molecule has 0 aromatic heterocycles. The Bertz CT molecular complexity index is 389. The SMILES string of the molecule is CC(CN1CCCCC1)Nc1ccc(F)cc1N. The number of hydrogen-bond acceptors (Lipinski definition) is 3. The van der Waals surface area contributed by atoms with Gasteiger partial charge in [-0.3, -0.25) is 0 Å². The van der Waals surface area contributed by atoms with Crippen molar-refractivity contribution in [1.82, 2.24) is 4.90 Å². The first-order valence-electron chi connectivity index (χ1n) is 6.69. The summed E-state index contributed by atoms with van der Waals surface area (Å²) >= 11 is 0. The number of nitrogens with zero attached hydrogens (tertiary/aromatic N) is 1. The van der Waals surface area contributed by atoms with Gasteiger partial charge in [-0.05, 0) is 51.1 Å². The second-order valence-electron chi connectivity index (χ2n) is 5.14. The lowest BCUT2D eigenvalue weighted by atomic mass is 10.1. The monoisotopic (exact) mass is 251 g/mol. The molecule has 1 aliphatic rings. The predicted molar refractivity (Wildman–Crippen MR) is 74.2 cm³/mol. The van der Waals surface area contributed by atoms with Crippen molar-refractivity contribution in [2.45, 2.75) is 32.2 Å². The third kappa shape index (κ3) is 3.60. The highest BCUT2D eigenvalue weighted by molar-refractivity contribution is 5.66. The Morgan fingerprint density at radius 2 is 2.06 bits per heavy atom. The van der Waals surface area contributed by atoms with Gasteiger partial charge in [-0.25, -0.2) is 4.39 Å². The van der Waals surface area contributed by atoms with E-state index >= 15 is 0 Å². The van der Waals surface area contributed by atoms with Gasteiger partial charge in [0.2, 0.25) is 0 Å². The molecule has 1 aromatic carbocycles. The van der Waals surface area contributed by atoms with Gasteiger partial charge >= 0.3 is 0 Å². The Morgan fingerprint density at radius 3 is 2.72 bits per heavy atom. The number of nitrogens with one attached hydrogen (secondary N) is 1. The lowest BCUT2D eigenvalue weighted by Gasteiger charge is -2.29. The van der Waals surface area contributed by atoms with Crippen LogP contribution in [0.5, 0.6) is 0 Å². The van der Waals surface area contributed by atoms with E-state index in [1.165, 1.54) is 44.5 Å². The maximum absolute atomic E-state index is 12.9. The van der Waals surface area contributed by atoms with E-state index in [1.54, 1.807) is 6.07 Å². The molecule has 0 spiro atoms. The number of likely N-dealkylation sites (tertiary alicyclic amines) is 1. The van der Waals surface area contributed by atoms with E-state index in [1.807, 2.05) is 0 Å². The van der Waals surface area contributed by atoms with Crippen molar-refractivity contribution in [2.75, 3.05) is 30.7 Å². The van der Waals surface area contributed by atoms with Gasteiger partial charge in [0.1, 0.15) is 5.82 Å². The first-order chi connectivity index (χ1) is 8.65. The van der Waals surface area contributed by atoms with Crippen LogP contribution in [0.1, 0.15) is 26.2 Å². The Hall–Kier alpha value is -1.29. The molecule has 0 amide bonds. The number of nitrogens with two attached hydrogens (primary N) is 1. The van der Waals surface area contributed by atoms with Crippen molar-refractivity contribution in [3.05, 3.63) is 24.0 Å². The van der Waals surface area contributed by atoms with E-state index in [0.717, 1.165) is 12.2 Å². The van der Waals surface area contributed by atoms with Gasteiger partial charge in [0.25, 0.3) is 0 Å². The van der Waals surface area contributed by atoms with Crippen LogP contribution >= 0.6 is 0 Å². The number of rotatable bonds is 4. The molecule has 0 aliphatic carbocycles. The van der Waals surface area contributed by atoms with E-state index in [0.29, 0.717) is 11.7 Å². The van der Waals surface area contributed by atoms with Crippen molar-refractivity contribution >= 4 is 11.4 Å². The molecule has 0 saturated carbocycles. The fourth-order valence-corrected chi connectivity index (χ4v) is 2.51. The van der Waals surface area contributed by atoms with E-state index in [2.05, 4.69) is 17.1 Å². The van der Waals surface area contributed by atoms with Crippen molar-refractivity contribution in [3.8, 4) is 0 Å². The highest BCUT2D eigenvalue weighted by atomic mass is 19.1. The molecular weight excluding hydrogens is 229 g/mol. The minimum atomic E-state index is -0.290. The van der Waals surface area contributed by atoms with Crippen LogP contribution in [-0.4, -0.2) is 30.6 Å². The minimum Gasteiger partial charge on any atom is -0.397 e. The number of piperidine rings is 1. The van der Waals surface area contributed by atoms with Crippen molar-refractivity contribution in [2.24, 2.45) is 0 Å². The molecule has 0 radical (unpaired) electrons. The van der Waals surface area contributed by atoms with Crippen LogP contribution in [0.4, 0.5) is 15.8 Å². The lowest BCUT2D eigenvalue weighted by Crippen LogP contribution is -2.38. The quantitative estimate of drug-likeness (QED) is 0.808. The van der Waals surface area contributed by atoms with Crippen molar-refractivity contribution in [3.63, 3.8) is 0 Å². The van der Waals surface area contributed by atoms with Gasteiger partial charge in [0, 0.05) is 12.6 Å². The molecule has 100 valence electrons. The predicted octanol–water partition coefficient (Wildman–Crippen LogP) is 2.69. The highest BCUT2D eigenvalue weighted by Gasteiger charge is 2.13. The van der Waals surface area contributed by atoms with Gasteiger partial charge in [-0.15, -0.1) is 0 Å². The van der Waals surface area contributed by atoms with Crippen LogP contribution in [0, 0.1) is 5.82 Å². The Kier molecular flexibility index (Phi) is 4.42. The second-order valence-corrected chi connectivity index (χ2v) is 5.14. The number of anilines is 2. The minimum absolute atomic E-state index is 0.290. The molecule has 2 rings (SSSR count). The van der Waals surface area contributed by atoms with Crippen LogP contribution in [0.2, 0.25) is 0 Å². The molecule has 0 bridgehead atoms. The van der Waals surface area contributed by atoms with Crippen LogP contribution in [0.15, 0.2) is 18.2 Å². The Morgan fingerprint density at radius 1 is 1.33 bits per heavy atom. The van der Waals surface area contributed by atoms with Gasteiger partial charge in [0.15, 0.2) is 0 Å². The average molecular weight is 251 g/mol. The molecule has 1 fully saturated rings. The Balaban J connectivity index is 1.87. The van der Waals surface area contributed by atoms with E-state index in [9.17, 15) is 4.39 Å². The molecule has 1 aliphatic heterocycles. The topological polar surface area (TPSA) is 41.3 Å². The summed E-state index contributed by atoms with van der Waals surface area (Å²) in [4.78, 5) is 2.47. The normalized spacial score (nSPS) is 18.6. The molecule has 3 nitrogen and oxygen atoms in total. The molecule has 1 heterocycles. The van der Waals surface area contributed by atoms with Gasteiger partial charge in [-0.2, -0.15) is 0 Å². The summed E-state index contributed by atoms with van der Waals surface area (Å²) in [7, 11) is 0. The van der Waals surface area contributed by atoms with E-state index in [4.69, 9.17) is 5.73 Å². The number of benzene rings is 1.